The van der Waals surface area contributed by atoms with Crippen LogP contribution < -0.4 is 10.2 Å². The molecule has 1 fully saturated rings. The van der Waals surface area contributed by atoms with Crippen molar-refractivity contribution in [3.05, 3.63) is 60.5 Å². The van der Waals surface area contributed by atoms with Crippen molar-refractivity contribution < 1.29 is 4.79 Å². The minimum atomic E-state index is -0.0470. The highest BCUT2D eigenvalue weighted by atomic mass is 32.1. The average Bonchev–Trinajstić information content (AvgIpc) is 3.49. The van der Waals surface area contributed by atoms with Gasteiger partial charge >= 0.3 is 0 Å². The number of aryl methyl sites for hydroxylation is 1. The number of aromatic nitrogens is 6. The smallest absolute Gasteiger partial charge is 0.229 e. The maximum Gasteiger partial charge on any atom is 0.229 e. The Morgan fingerprint density at radius 3 is 2.75 bits per heavy atom. The molecule has 0 radical (unpaired) electrons. The predicted molar refractivity (Wildman–Crippen MR) is 123 cm³/mol. The fourth-order valence-electron chi connectivity index (χ4n) is 3.82. The van der Waals surface area contributed by atoms with Crippen molar-refractivity contribution in [1.82, 2.24) is 29.5 Å². The summed E-state index contributed by atoms with van der Waals surface area (Å²) < 4.78 is 1.93. The van der Waals surface area contributed by atoms with Crippen molar-refractivity contribution in [3.8, 4) is 17.1 Å². The van der Waals surface area contributed by atoms with Gasteiger partial charge in [0.1, 0.15) is 23.8 Å². The SMILES string of the molecule is Cc1nccn1-c1cc(N2CCC(C(=O)Nc3nc(-c4cccnc4)cs3)CC2)ncn1. The van der Waals surface area contributed by atoms with Crippen LogP contribution in [0.4, 0.5) is 10.9 Å². The molecule has 0 unspecified atom stereocenters. The summed E-state index contributed by atoms with van der Waals surface area (Å²) in [5.41, 5.74) is 1.76. The van der Waals surface area contributed by atoms with E-state index in [9.17, 15) is 4.79 Å². The average molecular weight is 447 g/mol. The number of anilines is 2. The first-order valence-corrected chi connectivity index (χ1v) is 11.3. The van der Waals surface area contributed by atoms with Crippen molar-refractivity contribution in [2.45, 2.75) is 19.8 Å². The lowest BCUT2D eigenvalue weighted by molar-refractivity contribution is -0.120. The highest BCUT2D eigenvalue weighted by Crippen LogP contribution is 2.27. The summed E-state index contributed by atoms with van der Waals surface area (Å²) >= 11 is 1.43. The van der Waals surface area contributed by atoms with Crippen LogP contribution in [-0.2, 0) is 4.79 Å². The van der Waals surface area contributed by atoms with Crippen molar-refractivity contribution in [2.75, 3.05) is 23.3 Å². The number of nitrogens with zero attached hydrogens (tertiary/aromatic N) is 7. The Hall–Kier alpha value is -3.66. The van der Waals surface area contributed by atoms with Gasteiger partial charge < -0.3 is 10.2 Å². The van der Waals surface area contributed by atoms with E-state index >= 15 is 0 Å². The number of hydrogen-bond donors (Lipinski definition) is 1. The number of pyridine rings is 1. The first kappa shape index (κ1) is 20.3. The molecule has 0 aliphatic carbocycles. The molecule has 0 spiro atoms. The van der Waals surface area contributed by atoms with Crippen molar-refractivity contribution in [2.24, 2.45) is 5.92 Å². The van der Waals surface area contributed by atoms with Crippen LogP contribution in [0.1, 0.15) is 18.7 Å². The van der Waals surface area contributed by atoms with Crippen LogP contribution in [0.3, 0.4) is 0 Å². The van der Waals surface area contributed by atoms with Gasteiger partial charge in [0.15, 0.2) is 5.13 Å². The second kappa shape index (κ2) is 8.83. The summed E-state index contributed by atoms with van der Waals surface area (Å²) in [5.74, 6) is 2.50. The summed E-state index contributed by atoms with van der Waals surface area (Å²) in [4.78, 5) is 36.7. The van der Waals surface area contributed by atoms with E-state index in [1.807, 2.05) is 41.3 Å². The molecule has 0 atom stereocenters. The Morgan fingerprint density at radius 2 is 2.00 bits per heavy atom. The van der Waals surface area contributed by atoms with Gasteiger partial charge in [-0.1, -0.05) is 0 Å². The standard InChI is InChI=1S/C22H22N8OS/c1-15-24-7-10-30(15)20-11-19(25-14-26-20)29-8-4-16(5-9-29)21(31)28-22-27-18(13-32-22)17-3-2-6-23-12-17/h2-3,6-7,10-14,16H,4-5,8-9H2,1H3,(H,27,28,31). The van der Waals surface area contributed by atoms with Gasteiger partial charge in [-0.25, -0.2) is 19.9 Å². The number of nitrogens with one attached hydrogen (secondary N) is 1. The molecule has 1 aliphatic rings. The molecule has 0 saturated carbocycles. The Balaban J connectivity index is 1.20. The lowest BCUT2D eigenvalue weighted by Crippen LogP contribution is -2.38. The molecular formula is C22H22N8OS. The van der Waals surface area contributed by atoms with E-state index in [0.717, 1.165) is 54.6 Å². The van der Waals surface area contributed by atoms with Crippen molar-refractivity contribution in [3.63, 3.8) is 0 Å². The minimum absolute atomic E-state index is 0.0224. The number of hydrogen-bond acceptors (Lipinski definition) is 8. The van der Waals surface area contributed by atoms with E-state index in [2.05, 4.69) is 35.1 Å². The zero-order chi connectivity index (χ0) is 21.9. The Labute approximate surface area is 189 Å². The van der Waals surface area contributed by atoms with E-state index < -0.39 is 0 Å². The van der Waals surface area contributed by atoms with Gasteiger partial charge in [-0.15, -0.1) is 11.3 Å². The van der Waals surface area contributed by atoms with Crippen LogP contribution in [-0.4, -0.2) is 48.5 Å². The predicted octanol–water partition coefficient (Wildman–Crippen LogP) is 3.34. The monoisotopic (exact) mass is 446 g/mol. The van der Waals surface area contributed by atoms with E-state index in [-0.39, 0.29) is 11.8 Å². The summed E-state index contributed by atoms with van der Waals surface area (Å²) in [6.07, 6.45) is 10.2. The van der Waals surface area contributed by atoms with Crippen molar-refractivity contribution in [1.29, 1.82) is 0 Å². The lowest BCUT2D eigenvalue weighted by Gasteiger charge is -2.32. The third-order valence-corrected chi connectivity index (χ3v) is 6.35. The van der Waals surface area contributed by atoms with Crippen LogP contribution in [0.25, 0.3) is 17.1 Å². The number of rotatable bonds is 5. The van der Waals surface area contributed by atoms with Crippen molar-refractivity contribution >= 4 is 28.2 Å². The number of thiazole rings is 1. The molecule has 1 aliphatic heterocycles. The molecule has 5 heterocycles. The van der Waals surface area contributed by atoms with Gasteiger partial charge in [-0.05, 0) is 31.9 Å². The summed E-state index contributed by atoms with van der Waals surface area (Å²) in [6.45, 7) is 3.46. The molecule has 5 rings (SSSR count). The van der Waals surface area contributed by atoms with Gasteiger partial charge in [0.2, 0.25) is 5.91 Å². The number of carbonyl (C=O) groups is 1. The summed E-state index contributed by atoms with van der Waals surface area (Å²) in [6, 6.07) is 5.79. The number of amides is 1. The van der Waals surface area contributed by atoms with Crippen LogP contribution in [0.15, 0.2) is 54.7 Å². The topological polar surface area (TPSA) is 102 Å². The van der Waals surface area contributed by atoms with Gasteiger partial charge in [0.25, 0.3) is 0 Å². The van der Waals surface area contributed by atoms with E-state index in [4.69, 9.17) is 0 Å². The summed E-state index contributed by atoms with van der Waals surface area (Å²) in [5, 5.41) is 5.54. The molecule has 1 amide bonds. The lowest BCUT2D eigenvalue weighted by atomic mass is 9.96. The van der Waals surface area contributed by atoms with E-state index in [0.29, 0.717) is 5.13 Å². The van der Waals surface area contributed by atoms with Gasteiger partial charge in [-0.3, -0.25) is 14.3 Å². The van der Waals surface area contributed by atoms with Crippen LogP contribution >= 0.6 is 11.3 Å². The molecule has 4 aromatic heterocycles. The quantitative estimate of drug-likeness (QED) is 0.502. The molecule has 1 N–H and O–H groups in total. The van der Waals surface area contributed by atoms with E-state index in [1.54, 1.807) is 24.9 Å². The largest absolute Gasteiger partial charge is 0.356 e. The minimum Gasteiger partial charge on any atom is -0.356 e. The fraction of sp³-hybridized carbons (Fsp3) is 0.273. The zero-order valence-corrected chi connectivity index (χ0v) is 18.4. The van der Waals surface area contributed by atoms with Gasteiger partial charge in [0.05, 0.1) is 5.69 Å². The molecule has 32 heavy (non-hydrogen) atoms. The third kappa shape index (κ3) is 4.22. The maximum absolute atomic E-state index is 12.8. The second-order valence-electron chi connectivity index (χ2n) is 7.61. The first-order valence-electron chi connectivity index (χ1n) is 10.4. The highest BCUT2D eigenvalue weighted by Gasteiger charge is 2.26. The van der Waals surface area contributed by atoms with Crippen LogP contribution in [0.5, 0.6) is 0 Å². The Morgan fingerprint density at radius 1 is 1.16 bits per heavy atom. The molecular weight excluding hydrogens is 424 g/mol. The fourth-order valence-corrected chi connectivity index (χ4v) is 4.54. The zero-order valence-electron chi connectivity index (χ0n) is 17.5. The molecule has 0 aromatic carbocycles. The molecule has 4 aromatic rings. The number of imidazole rings is 1. The third-order valence-electron chi connectivity index (χ3n) is 5.59. The number of piperidine rings is 1. The number of carbonyl (C=O) groups excluding carboxylic acids is 1. The highest BCUT2D eigenvalue weighted by molar-refractivity contribution is 7.14. The van der Waals surface area contributed by atoms with Crippen LogP contribution in [0.2, 0.25) is 0 Å². The Bertz CT molecular complexity index is 1210. The first-order chi connectivity index (χ1) is 15.7. The molecule has 9 nitrogen and oxygen atoms in total. The molecule has 1 saturated heterocycles. The van der Waals surface area contributed by atoms with E-state index in [1.165, 1.54) is 11.3 Å². The second-order valence-corrected chi connectivity index (χ2v) is 8.47. The summed E-state index contributed by atoms with van der Waals surface area (Å²) in [7, 11) is 0. The van der Waals surface area contributed by atoms with Gasteiger partial charge in [-0.2, -0.15) is 0 Å². The maximum atomic E-state index is 12.8. The molecule has 162 valence electrons. The molecule has 0 bridgehead atoms. The normalized spacial score (nSPS) is 14.5. The van der Waals surface area contributed by atoms with Gasteiger partial charge in [0, 0.05) is 60.8 Å². The molecule has 10 heteroatoms. The Kier molecular flexibility index (Phi) is 5.59. The van der Waals surface area contributed by atoms with Crippen LogP contribution in [0, 0.1) is 12.8 Å².